The lowest BCUT2D eigenvalue weighted by molar-refractivity contribution is -0.291. The molecule has 0 unspecified atom stereocenters. The molecule has 0 aliphatic rings. The zero-order chi connectivity index (χ0) is 21.7. The van der Waals surface area contributed by atoms with Crippen LogP contribution in [0.4, 0.5) is 43.9 Å². The molecule has 0 fully saturated rings. The van der Waals surface area contributed by atoms with Crippen LogP contribution in [0.3, 0.4) is 0 Å². The number of thiazole rings is 2. The van der Waals surface area contributed by atoms with Crippen LogP contribution in [0, 0.1) is 0 Å². The van der Waals surface area contributed by atoms with E-state index in [2.05, 4.69) is 10.2 Å². The quantitative estimate of drug-likeness (QED) is 0.484. The monoisotopic (exact) mass is 462 g/mol. The standard InChI is InChI=1S/C12H8F10N4S2/c1-25-5(9(13,14)11(17,18)19)3-27-7(25)23-24-8-26(2)6(4-28-8)10(15,16)12(20,21)22/h3-4H,1-2H3/b23-7-,24-8+. The summed E-state index contributed by atoms with van der Waals surface area (Å²) in [6, 6.07) is 0. The molecule has 2 rings (SSSR count). The summed E-state index contributed by atoms with van der Waals surface area (Å²) in [7, 11) is 1.69. The average Bonchev–Trinajstić information content (AvgIpc) is 3.06. The van der Waals surface area contributed by atoms with Gasteiger partial charge in [0, 0.05) is 24.9 Å². The lowest BCUT2D eigenvalue weighted by Gasteiger charge is -2.19. The Morgan fingerprint density at radius 3 is 1.18 bits per heavy atom. The van der Waals surface area contributed by atoms with E-state index in [-0.39, 0.29) is 0 Å². The molecule has 0 bridgehead atoms. The lowest BCUT2D eigenvalue weighted by atomic mass is 10.2. The summed E-state index contributed by atoms with van der Waals surface area (Å²) in [4.78, 5) is -0.923. The highest BCUT2D eigenvalue weighted by atomic mass is 32.1. The first-order valence-corrected chi connectivity index (χ1v) is 8.54. The molecule has 0 atom stereocenters. The average molecular weight is 462 g/mol. The van der Waals surface area contributed by atoms with Crippen molar-refractivity contribution in [2.24, 2.45) is 24.3 Å². The number of rotatable bonds is 3. The molecule has 2 aromatic rings. The topological polar surface area (TPSA) is 34.6 Å². The van der Waals surface area contributed by atoms with Gasteiger partial charge in [-0.25, -0.2) is 0 Å². The summed E-state index contributed by atoms with van der Waals surface area (Å²) < 4.78 is 129. The maximum Gasteiger partial charge on any atom is 0.459 e. The van der Waals surface area contributed by atoms with E-state index in [1.807, 2.05) is 0 Å². The van der Waals surface area contributed by atoms with Gasteiger partial charge in [0.2, 0.25) is 9.60 Å². The molecule has 0 radical (unpaired) electrons. The van der Waals surface area contributed by atoms with Gasteiger partial charge in [-0.05, 0) is 0 Å². The molecule has 0 aliphatic heterocycles. The van der Waals surface area contributed by atoms with Gasteiger partial charge in [-0.1, -0.05) is 0 Å². The highest BCUT2D eigenvalue weighted by Crippen LogP contribution is 2.44. The highest BCUT2D eigenvalue weighted by molar-refractivity contribution is 7.07. The van der Waals surface area contributed by atoms with Crippen LogP contribution < -0.4 is 9.60 Å². The molecule has 0 N–H and O–H groups in total. The van der Waals surface area contributed by atoms with Crippen molar-refractivity contribution in [2.45, 2.75) is 24.2 Å². The van der Waals surface area contributed by atoms with Crippen LogP contribution in [0.2, 0.25) is 0 Å². The molecule has 2 heterocycles. The fraction of sp³-hybridized carbons (Fsp3) is 0.500. The molecule has 0 saturated heterocycles. The van der Waals surface area contributed by atoms with E-state index in [1.165, 1.54) is 0 Å². The van der Waals surface area contributed by atoms with E-state index in [1.54, 1.807) is 0 Å². The smallest absolute Gasteiger partial charge is 0.317 e. The van der Waals surface area contributed by atoms with Gasteiger partial charge >= 0.3 is 24.2 Å². The second-order valence-electron chi connectivity index (χ2n) is 5.27. The Morgan fingerprint density at radius 2 is 0.929 bits per heavy atom. The number of nitrogens with zero attached hydrogens (tertiary/aromatic N) is 4. The fourth-order valence-corrected chi connectivity index (χ4v) is 3.60. The summed E-state index contributed by atoms with van der Waals surface area (Å²) in [5.74, 6) is -10.4. The Labute approximate surface area is 156 Å². The molecule has 0 aromatic carbocycles. The Morgan fingerprint density at radius 1 is 0.643 bits per heavy atom. The van der Waals surface area contributed by atoms with Crippen LogP contribution in [0.5, 0.6) is 0 Å². The summed E-state index contributed by atoms with van der Waals surface area (Å²) >= 11 is 0.701. The summed E-state index contributed by atoms with van der Waals surface area (Å²) in [6.07, 6.45) is -11.7. The third kappa shape index (κ3) is 3.70. The van der Waals surface area contributed by atoms with Crippen LogP contribution in [0.15, 0.2) is 21.0 Å². The molecule has 158 valence electrons. The summed E-state index contributed by atoms with van der Waals surface area (Å²) in [6.45, 7) is 0. The van der Waals surface area contributed by atoms with Gasteiger partial charge in [-0.3, -0.25) is 0 Å². The van der Waals surface area contributed by atoms with Crippen LogP contribution >= 0.6 is 22.7 Å². The van der Waals surface area contributed by atoms with Crippen molar-refractivity contribution in [3.8, 4) is 0 Å². The molecular weight excluding hydrogens is 454 g/mol. The second-order valence-corrected chi connectivity index (χ2v) is 6.94. The fourth-order valence-electron chi connectivity index (χ4n) is 1.87. The number of hydrogen-bond donors (Lipinski definition) is 0. The van der Waals surface area contributed by atoms with E-state index in [0.717, 1.165) is 14.1 Å². The summed E-state index contributed by atoms with van der Waals surface area (Å²) in [5.41, 5.74) is -2.86. The Hall–Kier alpha value is -1.84. The zero-order valence-corrected chi connectivity index (χ0v) is 15.2. The van der Waals surface area contributed by atoms with Gasteiger partial charge < -0.3 is 9.13 Å². The molecule has 28 heavy (non-hydrogen) atoms. The zero-order valence-electron chi connectivity index (χ0n) is 13.5. The van der Waals surface area contributed by atoms with Crippen LogP contribution in [0.25, 0.3) is 0 Å². The van der Waals surface area contributed by atoms with Crippen molar-refractivity contribution in [1.82, 2.24) is 9.13 Å². The SMILES string of the molecule is Cn1c(C(F)(F)C(F)(F)F)cs/c1=N\N=c1\scc(C(F)(F)C(F)(F)F)n1C. The minimum absolute atomic E-state index is 0.351. The molecule has 0 amide bonds. The lowest BCUT2D eigenvalue weighted by Crippen LogP contribution is -2.36. The van der Waals surface area contributed by atoms with Crippen molar-refractivity contribution in [1.29, 1.82) is 0 Å². The van der Waals surface area contributed by atoms with Gasteiger partial charge in [-0.2, -0.15) is 43.9 Å². The maximum atomic E-state index is 13.4. The Bertz CT molecular complexity index is 905. The minimum Gasteiger partial charge on any atom is -0.317 e. The normalized spacial score (nSPS) is 15.6. The van der Waals surface area contributed by atoms with Crippen molar-refractivity contribution in [3.05, 3.63) is 31.8 Å². The first-order valence-electron chi connectivity index (χ1n) is 6.78. The third-order valence-electron chi connectivity index (χ3n) is 3.43. The Balaban J connectivity index is 2.52. The van der Waals surface area contributed by atoms with E-state index in [4.69, 9.17) is 0 Å². The van der Waals surface area contributed by atoms with Gasteiger partial charge in [-0.15, -0.1) is 32.9 Å². The first-order chi connectivity index (χ1) is 12.5. The van der Waals surface area contributed by atoms with E-state index >= 15 is 0 Å². The molecular formula is C12H8F10N4S2. The van der Waals surface area contributed by atoms with Crippen LogP contribution in [-0.2, 0) is 25.9 Å². The van der Waals surface area contributed by atoms with Crippen LogP contribution in [-0.4, -0.2) is 21.5 Å². The molecule has 2 aromatic heterocycles. The van der Waals surface area contributed by atoms with Crippen molar-refractivity contribution in [3.63, 3.8) is 0 Å². The van der Waals surface area contributed by atoms with Gasteiger partial charge in [0.05, 0.1) is 0 Å². The van der Waals surface area contributed by atoms with Crippen molar-refractivity contribution in [2.75, 3.05) is 0 Å². The molecule has 4 nitrogen and oxygen atoms in total. The molecule has 16 heteroatoms. The largest absolute Gasteiger partial charge is 0.459 e. The predicted octanol–water partition coefficient (Wildman–Crippen LogP) is 4.21. The molecule has 0 saturated carbocycles. The van der Waals surface area contributed by atoms with E-state index < -0.39 is 45.2 Å². The number of alkyl halides is 10. The van der Waals surface area contributed by atoms with E-state index in [9.17, 15) is 43.9 Å². The number of halogens is 10. The highest BCUT2D eigenvalue weighted by Gasteiger charge is 2.61. The van der Waals surface area contributed by atoms with Crippen molar-refractivity contribution < 1.29 is 43.9 Å². The minimum atomic E-state index is -5.86. The second kappa shape index (κ2) is 6.89. The maximum absolute atomic E-state index is 13.4. The predicted molar refractivity (Wildman–Crippen MR) is 77.6 cm³/mol. The van der Waals surface area contributed by atoms with Gasteiger partial charge in [0.15, 0.2) is 0 Å². The van der Waals surface area contributed by atoms with Crippen LogP contribution in [0.1, 0.15) is 11.4 Å². The van der Waals surface area contributed by atoms with Gasteiger partial charge in [0.25, 0.3) is 0 Å². The molecule has 0 spiro atoms. The third-order valence-corrected chi connectivity index (χ3v) is 5.24. The Kier molecular flexibility index (Phi) is 5.53. The van der Waals surface area contributed by atoms with Gasteiger partial charge in [0.1, 0.15) is 11.4 Å². The molecule has 0 aliphatic carbocycles. The van der Waals surface area contributed by atoms with E-state index in [0.29, 0.717) is 42.6 Å². The first kappa shape index (κ1) is 22.4. The summed E-state index contributed by atoms with van der Waals surface area (Å²) in [5, 5.41) is 7.73. The van der Waals surface area contributed by atoms with Crippen molar-refractivity contribution >= 4 is 22.7 Å². The number of aromatic nitrogens is 2. The number of hydrogen-bond acceptors (Lipinski definition) is 4.